The highest BCUT2D eigenvalue weighted by Crippen LogP contribution is 2.65. The first-order chi connectivity index (χ1) is 23.2. The number of hydrogen-bond donors (Lipinski definition) is 1. The fourth-order valence-electron chi connectivity index (χ4n) is 5.12. The average Bonchev–Trinajstić information content (AvgIpc) is 3.71. The molecule has 5 aromatic rings. The SMILES string of the molecule is CCOc1ccc(C2(C(=O)OC(C#N)c3cccc(Oc4ccccc4)c3)CC2(Cl)Cl)cc1.CNC(=O)Oc1cccc2ccccc12. The maximum absolute atomic E-state index is 13.3. The highest BCUT2D eigenvalue weighted by molar-refractivity contribution is 6.54. The van der Waals surface area contributed by atoms with Gasteiger partial charge in [0.25, 0.3) is 0 Å². The maximum atomic E-state index is 13.3. The smallest absolute Gasteiger partial charge is 0.412 e. The van der Waals surface area contributed by atoms with Crippen molar-refractivity contribution in [3.8, 4) is 29.1 Å². The van der Waals surface area contributed by atoms with Gasteiger partial charge in [0.05, 0.1) is 6.61 Å². The van der Waals surface area contributed by atoms with Crippen LogP contribution in [0.15, 0.2) is 121 Å². The number of carbonyl (C=O) groups is 2. The number of nitrogens with zero attached hydrogens (tertiary/aromatic N) is 1. The molecule has 1 amide bonds. The van der Waals surface area contributed by atoms with E-state index >= 15 is 0 Å². The van der Waals surface area contributed by atoms with Crippen LogP contribution in [0.4, 0.5) is 4.79 Å². The molecule has 0 radical (unpaired) electrons. The Bertz CT molecular complexity index is 1920. The molecule has 1 aliphatic rings. The Balaban J connectivity index is 0.000000250. The molecule has 0 spiro atoms. The fraction of sp³-hybridized carbons (Fsp3) is 0.184. The van der Waals surface area contributed by atoms with E-state index in [2.05, 4.69) is 5.32 Å². The lowest BCUT2D eigenvalue weighted by atomic mass is 9.95. The number of halogens is 2. The number of carbonyl (C=O) groups excluding carboxylic acids is 2. The Morgan fingerprint density at radius 1 is 0.854 bits per heavy atom. The largest absolute Gasteiger partial charge is 0.494 e. The first-order valence-corrected chi connectivity index (χ1v) is 15.9. The average molecular weight is 684 g/mol. The van der Waals surface area contributed by atoms with Gasteiger partial charge in [-0.1, -0.05) is 102 Å². The third kappa shape index (κ3) is 7.66. The molecule has 5 aromatic carbocycles. The summed E-state index contributed by atoms with van der Waals surface area (Å²) in [5.74, 6) is 1.77. The number of amides is 1. The van der Waals surface area contributed by atoms with Gasteiger partial charge >= 0.3 is 12.1 Å². The molecule has 0 bridgehead atoms. The number of benzene rings is 5. The second-order valence-electron chi connectivity index (χ2n) is 10.8. The number of alkyl halides is 2. The second kappa shape index (κ2) is 15.1. The summed E-state index contributed by atoms with van der Waals surface area (Å²) in [4.78, 5) is 24.4. The van der Waals surface area contributed by atoms with Crippen molar-refractivity contribution in [2.45, 2.75) is 29.2 Å². The molecule has 2 unspecified atom stereocenters. The van der Waals surface area contributed by atoms with Crippen LogP contribution in [0, 0.1) is 11.3 Å². The molecule has 0 aliphatic heterocycles. The Hall–Kier alpha value is -5.23. The van der Waals surface area contributed by atoms with E-state index in [1.807, 2.05) is 79.7 Å². The van der Waals surface area contributed by atoms with Crippen molar-refractivity contribution < 1.29 is 28.5 Å². The summed E-state index contributed by atoms with van der Waals surface area (Å²) in [5, 5.41) is 14.1. The summed E-state index contributed by atoms with van der Waals surface area (Å²) >= 11 is 12.8. The minimum Gasteiger partial charge on any atom is -0.494 e. The second-order valence-corrected chi connectivity index (χ2v) is 12.2. The molecular weight excluding hydrogens is 651 g/mol. The quantitative estimate of drug-likeness (QED) is 0.122. The number of ether oxygens (including phenoxy) is 4. The molecule has 1 aliphatic carbocycles. The lowest BCUT2D eigenvalue weighted by Crippen LogP contribution is -2.30. The molecule has 1 saturated carbocycles. The molecule has 10 heteroatoms. The minimum absolute atomic E-state index is 0.186. The van der Waals surface area contributed by atoms with Crippen molar-refractivity contribution in [2.75, 3.05) is 13.7 Å². The van der Waals surface area contributed by atoms with Crippen LogP contribution in [0.5, 0.6) is 23.0 Å². The van der Waals surface area contributed by atoms with Gasteiger partial charge in [-0.15, -0.1) is 0 Å². The van der Waals surface area contributed by atoms with Crippen LogP contribution in [0.25, 0.3) is 10.8 Å². The molecular formula is C38H32Cl2N2O6. The fourth-order valence-corrected chi connectivity index (χ4v) is 5.90. The molecule has 1 fully saturated rings. The predicted molar refractivity (Wildman–Crippen MR) is 185 cm³/mol. The van der Waals surface area contributed by atoms with Gasteiger partial charge in [-0.3, -0.25) is 4.79 Å². The third-order valence-electron chi connectivity index (χ3n) is 7.63. The van der Waals surface area contributed by atoms with E-state index in [1.165, 1.54) is 7.05 Å². The lowest BCUT2D eigenvalue weighted by molar-refractivity contribution is -0.150. The number of para-hydroxylation sites is 1. The molecule has 8 nitrogen and oxygen atoms in total. The molecule has 0 aromatic heterocycles. The summed E-state index contributed by atoms with van der Waals surface area (Å²) < 4.78 is 20.7. The number of fused-ring (bicyclic) bond motifs is 1. The number of nitriles is 1. The Morgan fingerprint density at radius 3 is 2.17 bits per heavy atom. The van der Waals surface area contributed by atoms with Crippen LogP contribution < -0.4 is 19.5 Å². The van der Waals surface area contributed by atoms with Gasteiger partial charge in [-0.05, 0) is 60.3 Å². The Labute approximate surface area is 288 Å². The van der Waals surface area contributed by atoms with E-state index in [1.54, 1.807) is 54.6 Å². The van der Waals surface area contributed by atoms with E-state index in [9.17, 15) is 14.9 Å². The zero-order valence-electron chi connectivity index (χ0n) is 26.2. The molecule has 2 atom stereocenters. The first kappa shape index (κ1) is 34.1. The van der Waals surface area contributed by atoms with E-state index < -0.39 is 27.9 Å². The van der Waals surface area contributed by atoms with Gasteiger partial charge < -0.3 is 24.3 Å². The monoisotopic (exact) mass is 682 g/mol. The first-order valence-electron chi connectivity index (χ1n) is 15.1. The summed E-state index contributed by atoms with van der Waals surface area (Å²) in [6, 6.07) is 38.5. The minimum atomic E-state index is -1.32. The van der Waals surface area contributed by atoms with E-state index in [-0.39, 0.29) is 6.42 Å². The molecule has 0 saturated heterocycles. The van der Waals surface area contributed by atoms with Crippen LogP contribution in [-0.4, -0.2) is 30.1 Å². The number of nitrogens with one attached hydrogen (secondary N) is 1. The van der Waals surface area contributed by atoms with Crippen LogP contribution in [-0.2, 0) is 14.9 Å². The van der Waals surface area contributed by atoms with E-state index in [0.717, 1.165) is 10.8 Å². The summed E-state index contributed by atoms with van der Waals surface area (Å²) in [6.45, 7) is 2.41. The number of rotatable bonds is 9. The summed E-state index contributed by atoms with van der Waals surface area (Å²) in [6.07, 6.45) is -1.42. The third-order valence-corrected chi connectivity index (χ3v) is 8.54. The number of hydrogen-bond acceptors (Lipinski definition) is 7. The van der Waals surface area contributed by atoms with Gasteiger partial charge in [-0.2, -0.15) is 5.26 Å². The zero-order chi connectivity index (χ0) is 34.1. The predicted octanol–water partition coefficient (Wildman–Crippen LogP) is 9.06. The Morgan fingerprint density at radius 2 is 1.50 bits per heavy atom. The standard InChI is InChI=1S/C26H21Cl2NO4.C12H11NO2/c1-2-31-20-13-11-19(12-14-20)25(17-26(25,27)28)24(30)33-23(16-29)18-7-6-10-22(15-18)32-21-8-4-3-5-9-21;1-13-12(14)15-11-8-4-6-9-5-2-3-7-10(9)11/h3-15,23H,2,17H2,1H3;2-8H,1H3,(H,13,14). The van der Waals surface area contributed by atoms with E-state index in [4.69, 9.17) is 42.1 Å². The molecule has 6 rings (SSSR count). The van der Waals surface area contributed by atoms with Gasteiger partial charge in [0.1, 0.15) is 38.8 Å². The number of esters is 1. The van der Waals surface area contributed by atoms with Gasteiger partial charge in [0, 0.05) is 24.4 Å². The maximum Gasteiger partial charge on any atom is 0.412 e. The summed E-state index contributed by atoms with van der Waals surface area (Å²) in [5.41, 5.74) is -0.163. The van der Waals surface area contributed by atoms with Crippen molar-refractivity contribution in [2.24, 2.45) is 0 Å². The zero-order valence-corrected chi connectivity index (χ0v) is 27.7. The van der Waals surface area contributed by atoms with Crippen molar-refractivity contribution >= 4 is 46.0 Å². The molecule has 48 heavy (non-hydrogen) atoms. The van der Waals surface area contributed by atoms with E-state index in [0.29, 0.717) is 40.7 Å². The summed E-state index contributed by atoms with van der Waals surface area (Å²) in [7, 11) is 1.54. The molecule has 1 N–H and O–H groups in total. The van der Waals surface area contributed by atoms with Crippen molar-refractivity contribution in [1.29, 1.82) is 5.26 Å². The lowest BCUT2D eigenvalue weighted by Gasteiger charge is -2.20. The van der Waals surface area contributed by atoms with Gasteiger partial charge in [0.2, 0.25) is 6.10 Å². The highest BCUT2D eigenvalue weighted by atomic mass is 35.5. The molecule has 0 heterocycles. The van der Waals surface area contributed by atoms with Crippen molar-refractivity contribution in [3.63, 3.8) is 0 Å². The van der Waals surface area contributed by atoms with Crippen molar-refractivity contribution in [1.82, 2.24) is 5.32 Å². The highest BCUT2D eigenvalue weighted by Gasteiger charge is 2.73. The Kier molecular flexibility index (Phi) is 10.7. The normalized spacial score (nSPS) is 16.2. The van der Waals surface area contributed by atoms with Crippen LogP contribution in [0.1, 0.15) is 30.6 Å². The molecule has 244 valence electrons. The van der Waals surface area contributed by atoms with Gasteiger partial charge in [-0.25, -0.2) is 4.79 Å². The van der Waals surface area contributed by atoms with Crippen LogP contribution in [0.2, 0.25) is 0 Å². The van der Waals surface area contributed by atoms with Crippen LogP contribution >= 0.6 is 23.2 Å². The van der Waals surface area contributed by atoms with Crippen molar-refractivity contribution in [3.05, 3.63) is 132 Å². The topological polar surface area (TPSA) is 107 Å². The van der Waals surface area contributed by atoms with Gasteiger partial charge in [0.15, 0.2) is 0 Å². The van der Waals surface area contributed by atoms with Crippen LogP contribution in [0.3, 0.4) is 0 Å².